The Kier molecular flexibility index (Phi) is 4.74. The minimum Gasteiger partial charge on any atom is -0.377 e. The Morgan fingerprint density at radius 1 is 1.56 bits per heavy atom. The fourth-order valence-electron chi connectivity index (χ4n) is 1.37. The highest BCUT2D eigenvalue weighted by Crippen LogP contribution is 2.12. The first-order chi connectivity index (χ1) is 7.67. The average molecular weight is 219 g/mol. The third-order valence-electron chi connectivity index (χ3n) is 2.16. The van der Waals surface area contributed by atoms with E-state index in [1.807, 2.05) is 26.8 Å². The lowest BCUT2D eigenvalue weighted by Gasteiger charge is -2.13. The van der Waals surface area contributed by atoms with Gasteiger partial charge in [-0.3, -0.25) is 0 Å². The van der Waals surface area contributed by atoms with Crippen LogP contribution in [-0.4, -0.2) is 24.2 Å². The maximum absolute atomic E-state index is 8.92. The molecule has 0 bridgehead atoms. The van der Waals surface area contributed by atoms with Crippen LogP contribution in [0.4, 0.5) is 5.82 Å². The van der Waals surface area contributed by atoms with E-state index in [9.17, 15) is 0 Å². The van der Waals surface area contributed by atoms with Gasteiger partial charge in [-0.05, 0) is 32.9 Å². The number of anilines is 1. The number of rotatable bonds is 5. The Bertz CT molecular complexity index is 384. The van der Waals surface area contributed by atoms with Crippen LogP contribution in [0.2, 0.25) is 0 Å². The number of ether oxygens (including phenoxy) is 1. The van der Waals surface area contributed by atoms with Crippen LogP contribution in [0.15, 0.2) is 12.1 Å². The van der Waals surface area contributed by atoms with Crippen LogP contribution in [0.25, 0.3) is 0 Å². The summed E-state index contributed by atoms with van der Waals surface area (Å²) in [5, 5.41) is 12.0. The molecule has 1 unspecified atom stereocenters. The van der Waals surface area contributed by atoms with Crippen molar-refractivity contribution in [2.45, 2.75) is 26.9 Å². The highest BCUT2D eigenvalue weighted by Gasteiger charge is 2.06. The van der Waals surface area contributed by atoms with Gasteiger partial charge in [0.05, 0.1) is 11.7 Å². The second kappa shape index (κ2) is 6.09. The van der Waals surface area contributed by atoms with Crippen molar-refractivity contribution < 1.29 is 4.74 Å². The Balaban J connectivity index is 2.66. The van der Waals surface area contributed by atoms with Crippen LogP contribution in [0.5, 0.6) is 0 Å². The van der Waals surface area contributed by atoms with Gasteiger partial charge < -0.3 is 10.1 Å². The smallest absolute Gasteiger partial charge is 0.144 e. The number of pyridine rings is 1. The second-order valence-corrected chi connectivity index (χ2v) is 3.61. The monoisotopic (exact) mass is 219 g/mol. The molecule has 0 aliphatic carbocycles. The lowest BCUT2D eigenvalue weighted by Crippen LogP contribution is -2.20. The Morgan fingerprint density at radius 2 is 2.31 bits per heavy atom. The third kappa shape index (κ3) is 3.52. The molecule has 0 saturated carbocycles. The largest absolute Gasteiger partial charge is 0.377 e. The molecule has 0 amide bonds. The van der Waals surface area contributed by atoms with E-state index < -0.39 is 0 Å². The molecule has 4 heteroatoms. The SMILES string of the molecule is CCOC(C)CNc1nc(C)ccc1C#N. The molecule has 86 valence electrons. The maximum Gasteiger partial charge on any atom is 0.144 e. The van der Waals surface area contributed by atoms with Crippen molar-refractivity contribution in [1.82, 2.24) is 4.98 Å². The number of aromatic nitrogens is 1. The van der Waals surface area contributed by atoms with E-state index in [2.05, 4.69) is 16.4 Å². The molecule has 1 aromatic heterocycles. The zero-order valence-corrected chi connectivity index (χ0v) is 9.95. The van der Waals surface area contributed by atoms with Gasteiger partial charge in [-0.2, -0.15) is 5.26 Å². The van der Waals surface area contributed by atoms with Gasteiger partial charge in [0.2, 0.25) is 0 Å². The predicted octanol–water partition coefficient (Wildman–Crippen LogP) is 2.10. The van der Waals surface area contributed by atoms with Gasteiger partial charge in [-0.1, -0.05) is 0 Å². The van der Waals surface area contributed by atoms with Crippen LogP contribution in [-0.2, 0) is 4.74 Å². The van der Waals surface area contributed by atoms with Crippen LogP contribution >= 0.6 is 0 Å². The molecule has 0 aromatic carbocycles. The normalized spacial score (nSPS) is 11.9. The van der Waals surface area contributed by atoms with Crippen LogP contribution in [0, 0.1) is 18.3 Å². The van der Waals surface area contributed by atoms with E-state index in [1.54, 1.807) is 6.07 Å². The number of hydrogen-bond acceptors (Lipinski definition) is 4. The molecule has 0 saturated heterocycles. The van der Waals surface area contributed by atoms with Crippen molar-refractivity contribution in [3.05, 3.63) is 23.4 Å². The van der Waals surface area contributed by atoms with E-state index in [0.717, 1.165) is 5.69 Å². The van der Waals surface area contributed by atoms with Gasteiger partial charge in [0, 0.05) is 18.8 Å². The van der Waals surface area contributed by atoms with Gasteiger partial charge >= 0.3 is 0 Å². The van der Waals surface area contributed by atoms with Crippen LogP contribution in [0.3, 0.4) is 0 Å². The molecule has 1 atom stereocenters. The molecule has 0 fully saturated rings. The first-order valence-corrected chi connectivity index (χ1v) is 5.40. The van der Waals surface area contributed by atoms with Crippen molar-refractivity contribution in [2.75, 3.05) is 18.5 Å². The summed E-state index contributed by atoms with van der Waals surface area (Å²) < 4.78 is 5.39. The highest BCUT2D eigenvalue weighted by molar-refractivity contribution is 5.52. The van der Waals surface area contributed by atoms with Gasteiger partial charge in [-0.25, -0.2) is 4.98 Å². The summed E-state index contributed by atoms with van der Waals surface area (Å²) in [5.74, 6) is 0.633. The van der Waals surface area contributed by atoms with Crippen LogP contribution < -0.4 is 5.32 Å². The van der Waals surface area contributed by atoms with Crippen molar-refractivity contribution in [3.8, 4) is 6.07 Å². The topological polar surface area (TPSA) is 57.9 Å². The average Bonchev–Trinajstić information content (AvgIpc) is 2.27. The van der Waals surface area contributed by atoms with E-state index in [0.29, 0.717) is 24.5 Å². The summed E-state index contributed by atoms with van der Waals surface area (Å²) in [5.41, 5.74) is 1.46. The summed E-state index contributed by atoms with van der Waals surface area (Å²) in [7, 11) is 0. The Labute approximate surface area is 96.3 Å². The summed E-state index contributed by atoms with van der Waals surface area (Å²) in [6, 6.07) is 5.72. The highest BCUT2D eigenvalue weighted by atomic mass is 16.5. The first-order valence-electron chi connectivity index (χ1n) is 5.40. The zero-order valence-electron chi connectivity index (χ0n) is 9.95. The van der Waals surface area contributed by atoms with E-state index >= 15 is 0 Å². The van der Waals surface area contributed by atoms with E-state index in [-0.39, 0.29) is 6.10 Å². The summed E-state index contributed by atoms with van der Waals surface area (Å²) >= 11 is 0. The second-order valence-electron chi connectivity index (χ2n) is 3.61. The third-order valence-corrected chi connectivity index (χ3v) is 2.16. The lowest BCUT2D eigenvalue weighted by molar-refractivity contribution is 0.0855. The molecule has 4 nitrogen and oxygen atoms in total. The van der Waals surface area contributed by atoms with Gasteiger partial charge in [0.1, 0.15) is 11.9 Å². The fourth-order valence-corrected chi connectivity index (χ4v) is 1.37. The van der Waals surface area contributed by atoms with E-state index in [1.165, 1.54) is 0 Å². The maximum atomic E-state index is 8.92. The molecule has 0 spiro atoms. The summed E-state index contributed by atoms with van der Waals surface area (Å²) in [6.45, 7) is 7.19. The number of nitrogens with zero attached hydrogens (tertiary/aromatic N) is 2. The van der Waals surface area contributed by atoms with Crippen molar-refractivity contribution in [1.29, 1.82) is 5.26 Å². The minimum atomic E-state index is 0.110. The zero-order chi connectivity index (χ0) is 12.0. The van der Waals surface area contributed by atoms with Gasteiger partial charge in [0.25, 0.3) is 0 Å². The fraction of sp³-hybridized carbons (Fsp3) is 0.500. The number of nitrogens with one attached hydrogen (secondary N) is 1. The molecular weight excluding hydrogens is 202 g/mol. The molecule has 0 aliphatic rings. The Hall–Kier alpha value is -1.60. The predicted molar refractivity (Wildman–Crippen MR) is 63.3 cm³/mol. The molecule has 1 heterocycles. The first kappa shape index (κ1) is 12.5. The lowest BCUT2D eigenvalue weighted by atomic mass is 10.2. The summed E-state index contributed by atoms with van der Waals surface area (Å²) in [4.78, 5) is 4.29. The number of aryl methyl sites for hydroxylation is 1. The number of nitriles is 1. The molecule has 0 radical (unpaired) electrons. The van der Waals surface area contributed by atoms with Crippen molar-refractivity contribution in [2.24, 2.45) is 0 Å². The van der Waals surface area contributed by atoms with Crippen molar-refractivity contribution in [3.63, 3.8) is 0 Å². The van der Waals surface area contributed by atoms with E-state index in [4.69, 9.17) is 10.00 Å². The number of hydrogen-bond donors (Lipinski definition) is 1. The Morgan fingerprint density at radius 3 is 2.94 bits per heavy atom. The van der Waals surface area contributed by atoms with Gasteiger partial charge in [-0.15, -0.1) is 0 Å². The minimum absolute atomic E-state index is 0.110. The molecule has 1 aromatic rings. The quantitative estimate of drug-likeness (QED) is 0.824. The van der Waals surface area contributed by atoms with Crippen molar-refractivity contribution >= 4 is 5.82 Å². The summed E-state index contributed by atoms with van der Waals surface area (Å²) in [6.07, 6.45) is 0.110. The molecule has 1 N–H and O–H groups in total. The molecule has 0 aliphatic heterocycles. The molecule has 1 rings (SSSR count). The molecular formula is C12H17N3O. The molecule has 16 heavy (non-hydrogen) atoms. The standard InChI is InChI=1S/C12H17N3O/c1-4-16-10(3)8-14-12-11(7-13)6-5-9(2)15-12/h5-6,10H,4,8H2,1-3H3,(H,14,15). The van der Waals surface area contributed by atoms with Crippen LogP contribution in [0.1, 0.15) is 25.1 Å². The van der Waals surface area contributed by atoms with Gasteiger partial charge in [0.15, 0.2) is 0 Å².